The van der Waals surface area contributed by atoms with E-state index in [1.54, 1.807) is 12.1 Å². The number of benzene rings is 1. The van der Waals surface area contributed by atoms with Crippen molar-refractivity contribution in [3.05, 3.63) is 51.4 Å². The summed E-state index contributed by atoms with van der Waals surface area (Å²) in [5.74, 6) is -0.473. The number of rotatable bonds is 4. The number of hydrogen-bond acceptors (Lipinski definition) is 3. The molecule has 2 rings (SSSR count). The van der Waals surface area contributed by atoms with E-state index in [9.17, 15) is 12.8 Å². The lowest BCUT2D eigenvalue weighted by Gasteiger charge is -2.05. The van der Waals surface area contributed by atoms with E-state index in [-0.39, 0.29) is 11.4 Å². The van der Waals surface area contributed by atoms with Gasteiger partial charge < -0.3 is 0 Å². The van der Waals surface area contributed by atoms with Crippen LogP contribution in [0.5, 0.6) is 0 Å². The van der Waals surface area contributed by atoms with Crippen molar-refractivity contribution in [2.45, 2.75) is 11.4 Å². The predicted octanol–water partition coefficient (Wildman–Crippen LogP) is 3.02. The van der Waals surface area contributed by atoms with Gasteiger partial charge in [0.05, 0.1) is 9.23 Å². The molecule has 0 radical (unpaired) electrons. The Kier molecular flexibility index (Phi) is 4.01. The third-order valence-corrected chi connectivity index (χ3v) is 4.84. The van der Waals surface area contributed by atoms with Crippen LogP contribution in [0.4, 0.5) is 4.39 Å². The number of nitrogens with one attached hydrogen (secondary N) is 1. The fourth-order valence-electron chi connectivity index (χ4n) is 1.31. The van der Waals surface area contributed by atoms with Gasteiger partial charge in [0, 0.05) is 11.4 Å². The molecule has 1 heterocycles. The molecule has 2 aromatic rings. The maximum Gasteiger partial charge on any atom is 0.240 e. The van der Waals surface area contributed by atoms with Crippen LogP contribution in [0.2, 0.25) is 4.34 Å². The fraction of sp³-hybridized carbons (Fsp3) is 0.0909. The van der Waals surface area contributed by atoms with E-state index >= 15 is 0 Å². The first-order chi connectivity index (χ1) is 8.47. The number of halogens is 2. The van der Waals surface area contributed by atoms with Crippen molar-refractivity contribution in [3.8, 4) is 0 Å². The van der Waals surface area contributed by atoms with E-state index in [0.717, 1.165) is 17.0 Å². The molecule has 0 bridgehead atoms. The molecule has 1 aromatic heterocycles. The summed E-state index contributed by atoms with van der Waals surface area (Å²) in [6, 6.07) is 8.11. The SMILES string of the molecule is O=S(=O)(NCc1ccc(Cl)s1)c1ccc(F)cc1. The summed E-state index contributed by atoms with van der Waals surface area (Å²) in [5, 5.41) is 0. The highest BCUT2D eigenvalue weighted by Crippen LogP contribution is 2.21. The Hall–Kier alpha value is -0.950. The Labute approximate surface area is 113 Å². The largest absolute Gasteiger partial charge is 0.240 e. The monoisotopic (exact) mass is 305 g/mol. The first kappa shape index (κ1) is 13.5. The van der Waals surface area contributed by atoms with E-state index in [1.807, 2.05) is 0 Å². The van der Waals surface area contributed by atoms with Crippen molar-refractivity contribution in [2.75, 3.05) is 0 Å². The second kappa shape index (κ2) is 5.36. The lowest BCUT2D eigenvalue weighted by atomic mass is 10.4. The van der Waals surface area contributed by atoms with Crippen LogP contribution in [0, 0.1) is 5.82 Å². The Morgan fingerprint density at radius 2 is 1.83 bits per heavy atom. The molecular formula is C11H9ClFNO2S2. The first-order valence-electron chi connectivity index (χ1n) is 4.97. The minimum Gasteiger partial charge on any atom is -0.207 e. The molecule has 7 heteroatoms. The number of sulfonamides is 1. The molecule has 0 spiro atoms. The average molecular weight is 306 g/mol. The lowest BCUT2D eigenvalue weighted by Crippen LogP contribution is -2.22. The topological polar surface area (TPSA) is 46.2 Å². The van der Waals surface area contributed by atoms with Gasteiger partial charge in [-0.1, -0.05) is 11.6 Å². The zero-order chi connectivity index (χ0) is 13.2. The molecule has 3 nitrogen and oxygen atoms in total. The molecule has 0 aliphatic heterocycles. The molecule has 96 valence electrons. The Balaban J connectivity index is 2.10. The third kappa shape index (κ3) is 3.29. The standard InChI is InChI=1S/C11H9ClFNO2S2/c12-11-6-3-9(17-11)7-14-18(15,16)10-4-1-8(13)2-5-10/h1-6,14H,7H2. The van der Waals surface area contributed by atoms with Crippen molar-refractivity contribution >= 4 is 33.0 Å². The van der Waals surface area contributed by atoms with E-state index < -0.39 is 15.8 Å². The van der Waals surface area contributed by atoms with Gasteiger partial charge in [0.2, 0.25) is 10.0 Å². The van der Waals surface area contributed by atoms with Crippen molar-refractivity contribution in [3.63, 3.8) is 0 Å². The average Bonchev–Trinajstić information content (AvgIpc) is 2.73. The molecule has 0 saturated carbocycles. The van der Waals surface area contributed by atoms with Gasteiger partial charge in [0.1, 0.15) is 5.82 Å². The molecule has 1 N–H and O–H groups in total. The molecule has 0 aliphatic rings. The van der Waals surface area contributed by atoms with Gasteiger partial charge in [-0.3, -0.25) is 0 Å². The Bertz CT molecular complexity index is 637. The molecule has 0 amide bonds. The molecule has 0 fully saturated rings. The van der Waals surface area contributed by atoms with E-state index in [1.165, 1.54) is 23.5 Å². The maximum atomic E-state index is 12.7. The van der Waals surface area contributed by atoms with Crippen LogP contribution in [-0.2, 0) is 16.6 Å². The van der Waals surface area contributed by atoms with Crippen molar-refractivity contribution in [1.82, 2.24) is 4.72 Å². The predicted molar refractivity (Wildman–Crippen MR) is 69.8 cm³/mol. The summed E-state index contributed by atoms with van der Waals surface area (Å²) >= 11 is 7.05. The van der Waals surface area contributed by atoms with Gasteiger partial charge in [0.15, 0.2) is 0 Å². The van der Waals surface area contributed by atoms with E-state index in [2.05, 4.69) is 4.72 Å². The zero-order valence-corrected chi connectivity index (χ0v) is 11.4. The number of thiophene rings is 1. The Morgan fingerprint density at radius 1 is 1.17 bits per heavy atom. The molecule has 1 aromatic carbocycles. The van der Waals surface area contributed by atoms with Crippen LogP contribution < -0.4 is 4.72 Å². The minimum absolute atomic E-state index is 0.0338. The van der Waals surface area contributed by atoms with Crippen LogP contribution >= 0.6 is 22.9 Å². The van der Waals surface area contributed by atoms with E-state index in [0.29, 0.717) is 4.34 Å². The second-order valence-corrected chi connectivity index (χ2v) is 7.05. The van der Waals surface area contributed by atoms with Crippen molar-refractivity contribution < 1.29 is 12.8 Å². The normalized spacial score (nSPS) is 11.7. The summed E-state index contributed by atoms with van der Waals surface area (Å²) in [6.45, 7) is 0.164. The highest BCUT2D eigenvalue weighted by molar-refractivity contribution is 7.89. The van der Waals surface area contributed by atoms with Crippen molar-refractivity contribution in [1.29, 1.82) is 0 Å². The molecule has 0 saturated heterocycles. The van der Waals surface area contributed by atoms with Crippen LogP contribution in [0.25, 0.3) is 0 Å². The molecule has 0 atom stereocenters. The Morgan fingerprint density at radius 3 is 2.39 bits per heavy atom. The lowest BCUT2D eigenvalue weighted by molar-refractivity contribution is 0.581. The number of hydrogen-bond donors (Lipinski definition) is 1. The molecular weight excluding hydrogens is 297 g/mol. The molecule has 0 unspecified atom stereocenters. The maximum absolute atomic E-state index is 12.7. The highest BCUT2D eigenvalue weighted by Gasteiger charge is 2.13. The van der Waals surface area contributed by atoms with Crippen LogP contribution in [-0.4, -0.2) is 8.42 Å². The van der Waals surface area contributed by atoms with Crippen LogP contribution in [0.15, 0.2) is 41.3 Å². The smallest absolute Gasteiger partial charge is 0.207 e. The van der Waals surface area contributed by atoms with Crippen LogP contribution in [0.1, 0.15) is 4.88 Å². The summed E-state index contributed by atoms with van der Waals surface area (Å²) < 4.78 is 39.5. The van der Waals surface area contributed by atoms with Crippen molar-refractivity contribution in [2.24, 2.45) is 0 Å². The van der Waals surface area contributed by atoms with Gasteiger partial charge in [-0.05, 0) is 36.4 Å². The van der Waals surface area contributed by atoms with Crippen LogP contribution in [0.3, 0.4) is 0 Å². The van der Waals surface area contributed by atoms with E-state index in [4.69, 9.17) is 11.6 Å². The van der Waals surface area contributed by atoms with Gasteiger partial charge in [-0.2, -0.15) is 0 Å². The summed E-state index contributed by atoms with van der Waals surface area (Å²) in [4.78, 5) is 0.845. The molecule has 0 aliphatic carbocycles. The zero-order valence-electron chi connectivity index (χ0n) is 9.06. The quantitative estimate of drug-likeness (QED) is 0.944. The fourth-order valence-corrected chi connectivity index (χ4v) is 3.44. The summed E-state index contributed by atoms with van der Waals surface area (Å²) in [6.07, 6.45) is 0. The minimum atomic E-state index is -3.62. The summed E-state index contributed by atoms with van der Waals surface area (Å²) in [7, 11) is -3.62. The third-order valence-electron chi connectivity index (χ3n) is 2.19. The summed E-state index contributed by atoms with van der Waals surface area (Å²) in [5.41, 5.74) is 0. The van der Waals surface area contributed by atoms with Gasteiger partial charge in [-0.15, -0.1) is 11.3 Å². The van der Waals surface area contributed by atoms with Gasteiger partial charge in [0.25, 0.3) is 0 Å². The second-order valence-electron chi connectivity index (χ2n) is 3.48. The van der Waals surface area contributed by atoms with Gasteiger partial charge >= 0.3 is 0 Å². The first-order valence-corrected chi connectivity index (χ1v) is 7.64. The highest BCUT2D eigenvalue weighted by atomic mass is 35.5. The van der Waals surface area contributed by atoms with Gasteiger partial charge in [-0.25, -0.2) is 17.5 Å². The molecule has 18 heavy (non-hydrogen) atoms.